The molecule has 0 aliphatic heterocycles. The van der Waals surface area contributed by atoms with E-state index < -0.39 is 0 Å². The second-order valence-electron chi connectivity index (χ2n) is 5.05. The van der Waals surface area contributed by atoms with Crippen LogP contribution in [0.4, 0.5) is 0 Å². The van der Waals surface area contributed by atoms with Crippen molar-refractivity contribution in [2.24, 2.45) is 11.8 Å². The third kappa shape index (κ3) is 3.60. The predicted octanol–water partition coefficient (Wildman–Crippen LogP) is 3.14. The molecule has 1 fully saturated rings. The fourth-order valence-corrected chi connectivity index (χ4v) is 2.35. The van der Waals surface area contributed by atoms with E-state index in [1.54, 1.807) is 0 Å². The number of halogens is 1. The Kier molecular flexibility index (Phi) is 3.99. The van der Waals surface area contributed by atoms with Crippen LogP contribution in [0.3, 0.4) is 0 Å². The van der Waals surface area contributed by atoms with Crippen molar-refractivity contribution in [3.8, 4) is 0 Å². The van der Waals surface area contributed by atoms with Crippen LogP contribution in [0.25, 0.3) is 0 Å². The van der Waals surface area contributed by atoms with E-state index in [9.17, 15) is 4.79 Å². The van der Waals surface area contributed by atoms with E-state index >= 15 is 0 Å². The van der Waals surface area contributed by atoms with E-state index in [0.717, 1.165) is 24.1 Å². The number of ether oxygens (including phenoxy) is 1. The first-order chi connectivity index (χ1) is 6.42. The Morgan fingerprint density at radius 3 is 2.43 bits per heavy atom. The van der Waals surface area contributed by atoms with Crippen molar-refractivity contribution >= 4 is 21.9 Å². The van der Waals surface area contributed by atoms with Gasteiger partial charge in [0.2, 0.25) is 0 Å². The average Bonchev–Trinajstić information content (AvgIpc) is 1.91. The van der Waals surface area contributed by atoms with Crippen LogP contribution >= 0.6 is 15.9 Å². The lowest BCUT2D eigenvalue weighted by molar-refractivity contribution is -0.164. The summed E-state index contributed by atoms with van der Waals surface area (Å²) in [6, 6.07) is 0. The SMILES string of the molecule is CC(C)(C)OC(=O)C1CC(CCBr)C1. The van der Waals surface area contributed by atoms with Gasteiger partial charge < -0.3 is 4.74 Å². The molecule has 0 bridgehead atoms. The highest BCUT2D eigenvalue weighted by Crippen LogP contribution is 2.37. The van der Waals surface area contributed by atoms with Crippen LogP contribution in [0.1, 0.15) is 40.0 Å². The first kappa shape index (κ1) is 12.0. The molecule has 2 nitrogen and oxygen atoms in total. The summed E-state index contributed by atoms with van der Waals surface area (Å²) in [5, 5.41) is 1.04. The summed E-state index contributed by atoms with van der Waals surface area (Å²) in [7, 11) is 0. The zero-order valence-electron chi connectivity index (χ0n) is 9.18. The normalized spacial score (nSPS) is 26.9. The van der Waals surface area contributed by atoms with Crippen molar-refractivity contribution in [1.82, 2.24) is 0 Å². The van der Waals surface area contributed by atoms with Crippen LogP contribution in [0, 0.1) is 11.8 Å². The van der Waals surface area contributed by atoms with E-state index in [1.807, 2.05) is 20.8 Å². The molecule has 82 valence electrons. The van der Waals surface area contributed by atoms with Crippen LogP contribution in [-0.2, 0) is 9.53 Å². The molecule has 1 saturated carbocycles. The van der Waals surface area contributed by atoms with Gasteiger partial charge in [0.05, 0.1) is 5.92 Å². The molecule has 1 aliphatic rings. The summed E-state index contributed by atoms with van der Waals surface area (Å²) < 4.78 is 5.32. The van der Waals surface area contributed by atoms with E-state index in [2.05, 4.69) is 15.9 Å². The molecule has 0 N–H and O–H groups in total. The first-order valence-corrected chi connectivity index (χ1v) is 6.33. The molecule has 0 radical (unpaired) electrons. The van der Waals surface area contributed by atoms with Crippen LogP contribution in [0.2, 0.25) is 0 Å². The molecule has 1 aliphatic carbocycles. The molecule has 0 unspecified atom stereocenters. The molecule has 0 amide bonds. The van der Waals surface area contributed by atoms with Gasteiger partial charge in [-0.3, -0.25) is 4.79 Å². The van der Waals surface area contributed by atoms with Gasteiger partial charge in [0.25, 0.3) is 0 Å². The van der Waals surface area contributed by atoms with Gasteiger partial charge >= 0.3 is 5.97 Å². The van der Waals surface area contributed by atoms with Crippen molar-refractivity contribution in [2.45, 2.75) is 45.6 Å². The van der Waals surface area contributed by atoms with Gasteiger partial charge in [-0.15, -0.1) is 0 Å². The molecule has 0 atom stereocenters. The predicted molar refractivity (Wildman–Crippen MR) is 60.5 cm³/mol. The van der Waals surface area contributed by atoms with Gasteiger partial charge in [-0.2, -0.15) is 0 Å². The smallest absolute Gasteiger partial charge is 0.309 e. The van der Waals surface area contributed by atoms with Gasteiger partial charge in [0, 0.05) is 5.33 Å². The number of hydrogen-bond acceptors (Lipinski definition) is 2. The molecule has 0 aromatic rings. The second-order valence-corrected chi connectivity index (χ2v) is 5.84. The van der Waals surface area contributed by atoms with E-state index in [4.69, 9.17) is 4.74 Å². The van der Waals surface area contributed by atoms with Gasteiger partial charge in [0.1, 0.15) is 5.60 Å². The maximum atomic E-state index is 11.6. The summed E-state index contributed by atoms with van der Waals surface area (Å²) in [6.07, 6.45) is 3.21. The van der Waals surface area contributed by atoms with E-state index in [1.165, 1.54) is 6.42 Å². The van der Waals surface area contributed by atoms with Crippen molar-refractivity contribution in [3.63, 3.8) is 0 Å². The summed E-state index contributed by atoms with van der Waals surface area (Å²) in [4.78, 5) is 11.6. The quantitative estimate of drug-likeness (QED) is 0.577. The summed E-state index contributed by atoms with van der Waals surface area (Å²) in [5.41, 5.74) is -0.336. The fourth-order valence-electron chi connectivity index (χ4n) is 1.70. The van der Waals surface area contributed by atoms with Crippen LogP contribution in [-0.4, -0.2) is 16.9 Å². The highest BCUT2D eigenvalue weighted by Gasteiger charge is 2.36. The maximum absolute atomic E-state index is 11.6. The average molecular weight is 263 g/mol. The van der Waals surface area contributed by atoms with Crippen LogP contribution < -0.4 is 0 Å². The van der Waals surface area contributed by atoms with Gasteiger partial charge in [-0.05, 0) is 46.0 Å². The lowest BCUT2D eigenvalue weighted by Crippen LogP contribution is -2.36. The Hall–Kier alpha value is -0.0500. The maximum Gasteiger partial charge on any atom is 0.309 e. The number of alkyl halides is 1. The lowest BCUT2D eigenvalue weighted by atomic mass is 9.73. The summed E-state index contributed by atoms with van der Waals surface area (Å²) in [5.74, 6) is 0.883. The molecule has 0 aromatic heterocycles. The minimum atomic E-state index is -0.336. The standard InChI is InChI=1S/C11H19BrO2/c1-11(2,3)14-10(13)9-6-8(7-9)4-5-12/h8-9H,4-7H2,1-3H3. The highest BCUT2D eigenvalue weighted by atomic mass is 79.9. The highest BCUT2D eigenvalue weighted by molar-refractivity contribution is 9.09. The minimum Gasteiger partial charge on any atom is -0.460 e. The molecule has 0 saturated heterocycles. The van der Waals surface area contributed by atoms with E-state index in [0.29, 0.717) is 0 Å². The number of esters is 1. The number of carbonyl (C=O) groups excluding carboxylic acids is 1. The second kappa shape index (κ2) is 4.65. The molecule has 1 rings (SSSR count). The molecule has 3 heteroatoms. The minimum absolute atomic E-state index is 0.0108. The zero-order valence-corrected chi connectivity index (χ0v) is 10.8. The first-order valence-electron chi connectivity index (χ1n) is 5.21. The number of rotatable bonds is 3. The van der Waals surface area contributed by atoms with Gasteiger partial charge in [-0.1, -0.05) is 15.9 Å². The van der Waals surface area contributed by atoms with Crippen molar-refractivity contribution in [3.05, 3.63) is 0 Å². The Morgan fingerprint density at radius 2 is 2.00 bits per heavy atom. The largest absolute Gasteiger partial charge is 0.460 e. The Morgan fingerprint density at radius 1 is 1.43 bits per heavy atom. The zero-order chi connectivity index (χ0) is 10.8. The monoisotopic (exact) mass is 262 g/mol. The third-order valence-electron chi connectivity index (χ3n) is 2.49. The van der Waals surface area contributed by atoms with E-state index in [-0.39, 0.29) is 17.5 Å². The van der Waals surface area contributed by atoms with Crippen molar-refractivity contribution in [2.75, 3.05) is 5.33 Å². The topological polar surface area (TPSA) is 26.3 Å². The lowest BCUT2D eigenvalue weighted by Gasteiger charge is -2.35. The Bertz CT molecular complexity index is 202. The molecule has 0 aromatic carbocycles. The summed E-state index contributed by atoms with van der Waals surface area (Å²) >= 11 is 3.41. The molecule has 14 heavy (non-hydrogen) atoms. The third-order valence-corrected chi connectivity index (χ3v) is 2.95. The van der Waals surface area contributed by atoms with Gasteiger partial charge in [0.15, 0.2) is 0 Å². The Labute approximate surface area is 94.5 Å². The van der Waals surface area contributed by atoms with Crippen molar-refractivity contribution < 1.29 is 9.53 Å². The van der Waals surface area contributed by atoms with Crippen LogP contribution in [0.5, 0.6) is 0 Å². The molecular weight excluding hydrogens is 244 g/mol. The fraction of sp³-hybridized carbons (Fsp3) is 0.909. The van der Waals surface area contributed by atoms with Crippen LogP contribution in [0.15, 0.2) is 0 Å². The molecule has 0 spiro atoms. The van der Waals surface area contributed by atoms with Crippen molar-refractivity contribution in [1.29, 1.82) is 0 Å². The molecular formula is C11H19BrO2. The number of carbonyl (C=O) groups is 1. The molecule has 0 heterocycles. The Balaban J connectivity index is 2.23. The van der Waals surface area contributed by atoms with Gasteiger partial charge in [-0.25, -0.2) is 0 Å². The summed E-state index contributed by atoms with van der Waals surface area (Å²) in [6.45, 7) is 5.75. The number of hydrogen-bond donors (Lipinski definition) is 0.